The van der Waals surface area contributed by atoms with Crippen molar-refractivity contribution in [1.29, 1.82) is 0 Å². The fourth-order valence-corrected chi connectivity index (χ4v) is 1.73. The van der Waals surface area contributed by atoms with Gasteiger partial charge in [-0.05, 0) is 43.2 Å². The van der Waals surface area contributed by atoms with Crippen LogP contribution in [0.3, 0.4) is 0 Å². The molecule has 0 spiro atoms. The van der Waals surface area contributed by atoms with Crippen molar-refractivity contribution in [2.45, 2.75) is 13.8 Å². The van der Waals surface area contributed by atoms with Crippen LogP contribution >= 0.6 is 0 Å². The van der Waals surface area contributed by atoms with E-state index in [-0.39, 0.29) is 11.3 Å². The van der Waals surface area contributed by atoms with E-state index in [9.17, 15) is 9.18 Å². The van der Waals surface area contributed by atoms with Crippen LogP contribution in [0.1, 0.15) is 27.2 Å². The number of hydrogen-bond donors (Lipinski definition) is 0. The highest BCUT2D eigenvalue weighted by Crippen LogP contribution is 2.19. The maximum Gasteiger partial charge on any atom is 0.231 e. The van der Waals surface area contributed by atoms with Gasteiger partial charge in [0, 0.05) is 0 Å². The Morgan fingerprint density at radius 3 is 2.62 bits per heavy atom. The van der Waals surface area contributed by atoms with Gasteiger partial charge in [0.2, 0.25) is 5.78 Å². The molecule has 16 heavy (non-hydrogen) atoms. The topological polar surface area (TPSA) is 30.2 Å². The van der Waals surface area contributed by atoms with Gasteiger partial charge in [0.15, 0.2) is 5.76 Å². The highest BCUT2D eigenvalue weighted by atomic mass is 19.1. The third kappa shape index (κ3) is 1.76. The predicted molar refractivity (Wildman–Crippen MR) is 58.0 cm³/mol. The molecular formula is C13H11FO2. The molecule has 3 heteroatoms. The van der Waals surface area contributed by atoms with Crippen LogP contribution in [0.25, 0.3) is 0 Å². The van der Waals surface area contributed by atoms with Gasteiger partial charge >= 0.3 is 0 Å². The van der Waals surface area contributed by atoms with Crippen molar-refractivity contribution in [1.82, 2.24) is 0 Å². The lowest BCUT2D eigenvalue weighted by Crippen LogP contribution is -2.06. The highest BCUT2D eigenvalue weighted by Gasteiger charge is 2.18. The average molecular weight is 218 g/mol. The molecular weight excluding hydrogens is 207 g/mol. The van der Waals surface area contributed by atoms with Gasteiger partial charge in [-0.15, -0.1) is 0 Å². The maximum absolute atomic E-state index is 13.7. The van der Waals surface area contributed by atoms with Gasteiger partial charge in [-0.3, -0.25) is 4.79 Å². The molecule has 1 aromatic carbocycles. The van der Waals surface area contributed by atoms with E-state index in [2.05, 4.69) is 0 Å². The third-order valence-electron chi connectivity index (χ3n) is 2.40. The predicted octanol–water partition coefficient (Wildman–Crippen LogP) is 3.27. The lowest BCUT2D eigenvalue weighted by Gasteiger charge is -2.05. The van der Waals surface area contributed by atoms with Crippen LogP contribution < -0.4 is 0 Å². The van der Waals surface area contributed by atoms with Gasteiger partial charge in [0.1, 0.15) is 5.82 Å². The summed E-state index contributed by atoms with van der Waals surface area (Å²) < 4.78 is 18.7. The van der Waals surface area contributed by atoms with Crippen molar-refractivity contribution in [3.05, 3.63) is 58.8 Å². The number of ketones is 1. The van der Waals surface area contributed by atoms with Crippen molar-refractivity contribution >= 4 is 5.78 Å². The van der Waals surface area contributed by atoms with Crippen LogP contribution in [0.4, 0.5) is 4.39 Å². The molecule has 0 bridgehead atoms. The molecule has 0 aliphatic rings. The minimum atomic E-state index is -0.501. The first-order valence-electron chi connectivity index (χ1n) is 4.94. The fourth-order valence-electron chi connectivity index (χ4n) is 1.73. The largest absolute Gasteiger partial charge is 0.461 e. The van der Waals surface area contributed by atoms with Gasteiger partial charge in [0.25, 0.3) is 0 Å². The molecule has 0 saturated heterocycles. The number of carbonyl (C=O) groups is 1. The molecule has 82 valence electrons. The normalized spacial score (nSPS) is 10.4. The quantitative estimate of drug-likeness (QED) is 0.724. The monoisotopic (exact) mass is 218 g/mol. The van der Waals surface area contributed by atoms with Crippen LogP contribution in [-0.4, -0.2) is 5.78 Å². The molecule has 0 aliphatic carbocycles. The van der Waals surface area contributed by atoms with E-state index in [0.717, 1.165) is 5.56 Å². The summed E-state index contributed by atoms with van der Waals surface area (Å²) in [5.74, 6) is -0.759. The summed E-state index contributed by atoms with van der Waals surface area (Å²) in [4.78, 5) is 11.9. The van der Waals surface area contributed by atoms with Crippen LogP contribution in [0.2, 0.25) is 0 Å². The minimum absolute atomic E-state index is 0.0838. The second kappa shape index (κ2) is 3.93. The Bertz CT molecular complexity index is 504. The zero-order valence-electron chi connectivity index (χ0n) is 9.08. The molecule has 0 amide bonds. The van der Waals surface area contributed by atoms with Crippen molar-refractivity contribution in [2.75, 3.05) is 0 Å². The number of aryl methyl sites for hydroxylation is 2. The third-order valence-corrected chi connectivity index (χ3v) is 2.40. The minimum Gasteiger partial charge on any atom is -0.461 e. The number of furan rings is 1. The van der Waals surface area contributed by atoms with E-state index in [0.29, 0.717) is 5.56 Å². The molecule has 0 aliphatic heterocycles. The highest BCUT2D eigenvalue weighted by molar-refractivity contribution is 6.08. The van der Waals surface area contributed by atoms with E-state index in [1.54, 1.807) is 26.0 Å². The van der Waals surface area contributed by atoms with E-state index in [4.69, 9.17) is 4.42 Å². The summed E-state index contributed by atoms with van der Waals surface area (Å²) >= 11 is 0. The summed E-state index contributed by atoms with van der Waals surface area (Å²) in [6.07, 6.45) is 1.40. The summed E-state index contributed by atoms with van der Waals surface area (Å²) in [5.41, 5.74) is 1.51. The Hall–Kier alpha value is -1.90. The number of hydrogen-bond acceptors (Lipinski definition) is 2. The molecule has 0 saturated carbocycles. The van der Waals surface area contributed by atoms with Crippen LogP contribution in [0.5, 0.6) is 0 Å². The van der Waals surface area contributed by atoms with E-state index in [1.165, 1.54) is 18.4 Å². The summed E-state index contributed by atoms with van der Waals surface area (Å²) in [5, 5.41) is 0. The standard InChI is InChI=1S/C13H11FO2/c1-8-6-9(2)12(10(14)7-8)13(15)11-4-3-5-16-11/h3-7H,1-2H3. The SMILES string of the molecule is Cc1cc(C)c(C(=O)c2ccco2)c(F)c1. The summed E-state index contributed by atoms with van der Waals surface area (Å²) in [7, 11) is 0. The Morgan fingerprint density at radius 2 is 2.06 bits per heavy atom. The fraction of sp³-hybridized carbons (Fsp3) is 0.154. The molecule has 0 radical (unpaired) electrons. The van der Waals surface area contributed by atoms with Crippen LogP contribution in [0.15, 0.2) is 34.9 Å². The smallest absolute Gasteiger partial charge is 0.231 e. The zero-order valence-corrected chi connectivity index (χ0v) is 9.08. The van der Waals surface area contributed by atoms with E-state index >= 15 is 0 Å². The Morgan fingerprint density at radius 1 is 1.31 bits per heavy atom. The molecule has 0 fully saturated rings. The molecule has 1 heterocycles. The van der Waals surface area contributed by atoms with Gasteiger partial charge in [-0.25, -0.2) is 4.39 Å². The van der Waals surface area contributed by atoms with Crippen LogP contribution in [0, 0.1) is 19.7 Å². The first-order valence-corrected chi connectivity index (χ1v) is 4.94. The van der Waals surface area contributed by atoms with Gasteiger partial charge < -0.3 is 4.42 Å². The molecule has 2 aromatic rings. The number of halogens is 1. The molecule has 1 aromatic heterocycles. The molecule has 2 nitrogen and oxygen atoms in total. The van der Waals surface area contributed by atoms with Gasteiger partial charge in [-0.1, -0.05) is 6.07 Å². The first kappa shape index (κ1) is 10.6. The zero-order chi connectivity index (χ0) is 11.7. The number of benzene rings is 1. The van der Waals surface area contributed by atoms with E-state index in [1.807, 2.05) is 0 Å². The van der Waals surface area contributed by atoms with Crippen LogP contribution in [-0.2, 0) is 0 Å². The van der Waals surface area contributed by atoms with Crippen molar-refractivity contribution in [3.63, 3.8) is 0 Å². The second-order valence-electron chi connectivity index (χ2n) is 3.75. The Kier molecular flexibility index (Phi) is 2.60. The lowest BCUT2D eigenvalue weighted by molar-refractivity contribution is 0.100. The number of carbonyl (C=O) groups excluding carboxylic acids is 1. The van der Waals surface area contributed by atoms with Crippen molar-refractivity contribution < 1.29 is 13.6 Å². The first-order chi connectivity index (χ1) is 7.59. The Balaban J connectivity index is 2.53. The molecule has 0 atom stereocenters. The molecule has 2 rings (SSSR count). The van der Waals surface area contributed by atoms with Gasteiger partial charge in [0.05, 0.1) is 11.8 Å². The van der Waals surface area contributed by atoms with E-state index < -0.39 is 11.6 Å². The average Bonchev–Trinajstić information content (AvgIpc) is 2.67. The van der Waals surface area contributed by atoms with Gasteiger partial charge in [-0.2, -0.15) is 0 Å². The maximum atomic E-state index is 13.7. The molecule has 0 unspecified atom stereocenters. The second-order valence-corrected chi connectivity index (χ2v) is 3.75. The van der Waals surface area contributed by atoms with Crippen molar-refractivity contribution in [3.8, 4) is 0 Å². The summed E-state index contributed by atoms with van der Waals surface area (Å²) in [6.45, 7) is 3.50. The van der Waals surface area contributed by atoms with Crippen molar-refractivity contribution in [2.24, 2.45) is 0 Å². The lowest BCUT2D eigenvalue weighted by atomic mass is 10.0. The molecule has 0 N–H and O–H groups in total. The Labute approximate surface area is 92.7 Å². The summed E-state index contributed by atoms with van der Waals surface area (Å²) in [6, 6.07) is 6.26. The number of rotatable bonds is 2.